The number of nitro groups is 1. The highest BCUT2D eigenvalue weighted by Gasteiger charge is 2.21. The number of carbonyl (C=O) groups excluding carboxylic acids is 1. The Hall–Kier alpha value is -4.31. The molecule has 10 heteroatoms. The number of piperazine rings is 1. The van der Waals surface area contributed by atoms with Crippen LogP contribution >= 0.6 is 11.3 Å². The van der Waals surface area contributed by atoms with Crippen molar-refractivity contribution in [2.24, 2.45) is 0 Å². The molecule has 1 aliphatic heterocycles. The molecule has 0 radical (unpaired) electrons. The predicted molar refractivity (Wildman–Crippen MR) is 136 cm³/mol. The number of pyridine rings is 1. The van der Waals surface area contributed by atoms with E-state index in [-0.39, 0.29) is 11.6 Å². The van der Waals surface area contributed by atoms with Crippen LogP contribution in [0.5, 0.6) is 0 Å². The Morgan fingerprint density at radius 3 is 2.49 bits per heavy atom. The minimum atomic E-state index is -0.465. The second-order valence-corrected chi connectivity index (χ2v) is 8.92. The molecule has 1 amide bonds. The van der Waals surface area contributed by atoms with Gasteiger partial charge in [-0.15, -0.1) is 11.3 Å². The Morgan fingerprint density at radius 1 is 1.03 bits per heavy atom. The summed E-state index contributed by atoms with van der Waals surface area (Å²) in [7, 11) is 0. The molecule has 4 heterocycles. The van der Waals surface area contributed by atoms with Crippen molar-refractivity contribution in [1.82, 2.24) is 19.7 Å². The summed E-state index contributed by atoms with van der Waals surface area (Å²) in [6, 6.07) is 17.0. The van der Waals surface area contributed by atoms with Crippen LogP contribution in [0.1, 0.15) is 5.56 Å². The zero-order valence-corrected chi connectivity index (χ0v) is 19.5. The molecule has 4 aromatic rings. The fourth-order valence-corrected chi connectivity index (χ4v) is 4.65. The second-order valence-electron chi connectivity index (χ2n) is 7.97. The number of aromatic nitrogens is 3. The van der Waals surface area contributed by atoms with Gasteiger partial charge in [-0.05, 0) is 35.7 Å². The van der Waals surface area contributed by atoms with Crippen molar-refractivity contribution < 1.29 is 9.72 Å². The first-order chi connectivity index (χ1) is 17.1. The Morgan fingerprint density at radius 2 is 1.83 bits per heavy atom. The number of hydrogen-bond donors (Lipinski definition) is 0. The predicted octanol–water partition coefficient (Wildman–Crippen LogP) is 4.27. The maximum absolute atomic E-state index is 12.9. The standard InChI is InChI=1S/C25H22N6O3S/c32-24(29-14-12-28(13-15-29)23-10-9-21(17-26-23)31(33)34)11-8-19-18-30(20-5-2-1-3-6-20)27-25(19)22-7-4-16-35-22/h1-11,16-18H,12-15H2/b11-8+. The van der Waals surface area contributed by atoms with Crippen LogP contribution in [0.15, 0.2) is 78.4 Å². The normalized spacial score (nSPS) is 13.9. The molecule has 0 atom stereocenters. The van der Waals surface area contributed by atoms with E-state index in [1.165, 1.54) is 12.3 Å². The van der Waals surface area contributed by atoms with Crippen LogP contribution in [0.4, 0.5) is 11.5 Å². The minimum absolute atomic E-state index is 0.0368. The van der Waals surface area contributed by atoms with Gasteiger partial charge in [-0.1, -0.05) is 24.3 Å². The third-order valence-corrected chi connectivity index (χ3v) is 6.66. The lowest BCUT2D eigenvalue weighted by molar-refractivity contribution is -0.385. The van der Waals surface area contributed by atoms with E-state index in [9.17, 15) is 14.9 Å². The van der Waals surface area contributed by atoms with Crippen molar-refractivity contribution in [1.29, 1.82) is 0 Å². The van der Waals surface area contributed by atoms with Crippen LogP contribution in [-0.2, 0) is 4.79 Å². The molecule has 5 rings (SSSR count). The minimum Gasteiger partial charge on any atom is -0.353 e. The van der Waals surface area contributed by atoms with E-state index in [4.69, 9.17) is 5.10 Å². The van der Waals surface area contributed by atoms with E-state index in [0.29, 0.717) is 32.0 Å². The number of para-hydroxylation sites is 1. The Bertz CT molecular complexity index is 1340. The van der Waals surface area contributed by atoms with Gasteiger partial charge in [0.2, 0.25) is 5.91 Å². The summed E-state index contributed by atoms with van der Waals surface area (Å²) in [5.41, 5.74) is 2.62. The molecule has 0 unspecified atom stereocenters. The van der Waals surface area contributed by atoms with Crippen molar-refractivity contribution in [3.8, 4) is 16.3 Å². The van der Waals surface area contributed by atoms with Crippen molar-refractivity contribution in [3.63, 3.8) is 0 Å². The molecule has 0 bridgehead atoms. The number of thiophene rings is 1. The van der Waals surface area contributed by atoms with Gasteiger partial charge in [-0.25, -0.2) is 9.67 Å². The maximum Gasteiger partial charge on any atom is 0.287 e. The smallest absolute Gasteiger partial charge is 0.287 e. The topological polar surface area (TPSA) is 97.4 Å². The molecule has 176 valence electrons. The highest BCUT2D eigenvalue weighted by atomic mass is 32.1. The summed E-state index contributed by atoms with van der Waals surface area (Å²) in [6.45, 7) is 2.30. The molecule has 9 nitrogen and oxygen atoms in total. The number of nitrogens with zero attached hydrogens (tertiary/aromatic N) is 6. The molecule has 0 aliphatic carbocycles. The van der Waals surface area contributed by atoms with Crippen LogP contribution in [0.2, 0.25) is 0 Å². The highest BCUT2D eigenvalue weighted by Crippen LogP contribution is 2.28. The molecule has 3 aromatic heterocycles. The third-order valence-electron chi connectivity index (χ3n) is 5.78. The fraction of sp³-hybridized carbons (Fsp3) is 0.160. The lowest BCUT2D eigenvalue weighted by Crippen LogP contribution is -2.48. The summed E-state index contributed by atoms with van der Waals surface area (Å²) in [4.78, 5) is 32.3. The second kappa shape index (κ2) is 9.90. The van der Waals surface area contributed by atoms with Gasteiger partial charge in [0.1, 0.15) is 17.7 Å². The number of carbonyl (C=O) groups is 1. The van der Waals surface area contributed by atoms with Crippen molar-refractivity contribution in [2.45, 2.75) is 0 Å². The van der Waals surface area contributed by atoms with Crippen LogP contribution in [-0.4, -0.2) is 56.7 Å². The zero-order valence-electron chi connectivity index (χ0n) is 18.7. The Balaban J connectivity index is 1.27. The molecule has 0 spiro atoms. The molecular weight excluding hydrogens is 464 g/mol. The van der Waals surface area contributed by atoms with Crippen LogP contribution < -0.4 is 4.90 Å². The van der Waals surface area contributed by atoms with E-state index in [1.807, 2.05) is 69.7 Å². The summed E-state index contributed by atoms with van der Waals surface area (Å²) in [6.07, 6.45) is 6.63. The van der Waals surface area contributed by atoms with E-state index < -0.39 is 4.92 Å². The van der Waals surface area contributed by atoms with Gasteiger partial charge >= 0.3 is 0 Å². The average molecular weight is 487 g/mol. The summed E-state index contributed by atoms with van der Waals surface area (Å²) in [5, 5.41) is 17.6. The molecule has 0 saturated carbocycles. The van der Waals surface area contributed by atoms with Gasteiger partial charge in [0.15, 0.2) is 0 Å². The molecule has 1 aromatic carbocycles. The third kappa shape index (κ3) is 4.97. The van der Waals surface area contributed by atoms with Crippen LogP contribution in [0.3, 0.4) is 0 Å². The van der Waals surface area contributed by atoms with Crippen LogP contribution in [0, 0.1) is 10.1 Å². The molecule has 35 heavy (non-hydrogen) atoms. The molecule has 1 aliphatic rings. The van der Waals surface area contributed by atoms with Gasteiger partial charge in [-0.3, -0.25) is 14.9 Å². The Labute approximate surface area is 205 Å². The number of rotatable bonds is 6. The summed E-state index contributed by atoms with van der Waals surface area (Å²) < 4.78 is 1.83. The number of anilines is 1. The van der Waals surface area contributed by atoms with Crippen molar-refractivity contribution >= 4 is 34.8 Å². The number of hydrogen-bond acceptors (Lipinski definition) is 7. The zero-order chi connectivity index (χ0) is 24.2. The largest absolute Gasteiger partial charge is 0.353 e. The van der Waals surface area contributed by atoms with Gasteiger partial charge in [0, 0.05) is 50.1 Å². The SMILES string of the molecule is O=C(/C=C/c1cn(-c2ccccc2)nc1-c1cccs1)N1CCN(c2ccc([N+](=O)[O-])cn2)CC1. The van der Waals surface area contributed by atoms with E-state index in [2.05, 4.69) is 4.98 Å². The number of amides is 1. The van der Waals surface area contributed by atoms with E-state index in [0.717, 1.165) is 21.8 Å². The van der Waals surface area contributed by atoms with Gasteiger partial charge in [0.05, 0.1) is 15.5 Å². The van der Waals surface area contributed by atoms with Gasteiger partial charge in [0.25, 0.3) is 5.69 Å². The van der Waals surface area contributed by atoms with Crippen molar-refractivity contribution in [3.05, 3.63) is 94.1 Å². The average Bonchev–Trinajstić information content (AvgIpc) is 3.58. The first kappa shape index (κ1) is 22.5. The van der Waals surface area contributed by atoms with Gasteiger partial charge in [-0.2, -0.15) is 5.10 Å². The lowest BCUT2D eigenvalue weighted by Gasteiger charge is -2.34. The molecule has 1 saturated heterocycles. The van der Waals surface area contributed by atoms with Crippen LogP contribution in [0.25, 0.3) is 22.3 Å². The number of benzene rings is 1. The van der Waals surface area contributed by atoms with Crippen molar-refractivity contribution in [2.75, 3.05) is 31.1 Å². The monoisotopic (exact) mass is 486 g/mol. The van der Waals surface area contributed by atoms with E-state index >= 15 is 0 Å². The molecular formula is C25H22N6O3S. The quantitative estimate of drug-likeness (QED) is 0.229. The first-order valence-electron chi connectivity index (χ1n) is 11.1. The Kier molecular flexibility index (Phi) is 6.36. The highest BCUT2D eigenvalue weighted by molar-refractivity contribution is 7.13. The maximum atomic E-state index is 12.9. The molecule has 1 fully saturated rings. The van der Waals surface area contributed by atoms with Gasteiger partial charge < -0.3 is 9.80 Å². The lowest BCUT2D eigenvalue weighted by atomic mass is 10.2. The van der Waals surface area contributed by atoms with E-state index in [1.54, 1.807) is 28.4 Å². The summed E-state index contributed by atoms with van der Waals surface area (Å²) in [5.74, 6) is 0.609. The fourth-order valence-electron chi connectivity index (χ4n) is 3.92. The first-order valence-corrected chi connectivity index (χ1v) is 12.0. The molecule has 0 N–H and O–H groups in total. The summed E-state index contributed by atoms with van der Waals surface area (Å²) >= 11 is 1.61.